The molecule has 4 aromatic rings. The predicted octanol–water partition coefficient (Wildman–Crippen LogP) is 9.37. The van der Waals surface area contributed by atoms with E-state index in [1.807, 2.05) is 0 Å². The lowest BCUT2D eigenvalue weighted by Crippen LogP contribution is -2.34. The van der Waals surface area contributed by atoms with Gasteiger partial charge in [0, 0.05) is 5.56 Å². The molecular weight excluding hydrogens is 639 g/mol. The zero-order valence-corrected chi connectivity index (χ0v) is 23.3. The first-order chi connectivity index (χ1) is 21.4. The molecule has 0 aliphatic heterocycles. The lowest BCUT2D eigenvalue weighted by Gasteiger charge is -2.28. The second-order valence-electron chi connectivity index (χ2n) is 10.2. The smallest absolute Gasteiger partial charge is 0.458 e. The van der Waals surface area contributed by atoms with Crippen LogP contribution in [0.15, 0.2) is 97.1 Å². The summed E-state index contributed by atoms with van der Waals surface area (Å²) in [5.74, 6) is -5.18. The maximum Gasteiger partial charge on any atom is 0.458 e. The fourth-order valence-corrected chi connectivity index (χ4v) is 4.64. The van der Waals surface area contributed by atoms with Crippen molar-refractivity contribution in [3.63, 3.8) is 0 Å². The predicted molar refractivity (Wildman–Crippen MR) is 145 cm³/mol. The summed E-state index contributed by atoms with van der Waals surface area (Å²) < 4.78 is 153. The molecule has 0 aliphatic rings. The van der Waals surface area contributed by atoms with Crippen molar-refractivity contribution in [2.24, 2.45) is 0 Å². The molecule has 2 unspecified atom stereocenters. The molecule has 0 saturated heterocycles. The highest BCUT2D eigenvalue weighted by Gasteiger charge is 2.58. The average molecular weight is 664 g/mol. The first-order valence-electron chi connectivity index (χ1n) is 13.4. The average Bonchev–Trinajstić information content (AvgIpc) is 2.99. The minimum Gasteiger partial charge on any atom is -0.489 e. The summed E-state index contributed by atoms with van der Waals surface area (Å²) in [7, 11) is 0. The van der Waals surface area contributed by atoms with Crippen molar-refractivity contribution in [3.8, 4) is 5.75 Å². The largest absolute Gasteiger partial charge is 0.489 e. The molecule has 0 aromatic heterocycles. The van der Waals surface area contributed by atoms with E-state index in [0.29, 0.717) is 12.1 Å². The van der Waals surface area contributed by atoms with Gasteiger partial charge in [-0.2, -0.15) is 48.3 Å². The van der Waals surface area contributed by atoms with Crippen molar-refractivity contribution in [3.05, 3.63) is 136 Å². The van der Waals surface area contributed by atoms with E-state index in [2.05, 4.69) is 5.32 Å². The Hall–Kier alpha value is -4.17. The van der Waals surface area contributed by atoms with Crippen LogP contribution in [-0.4, -0.2) is 17.9 Å². The van der Waals surface area contributed by atoms with Crippen molar-refractivity contribution < 1.29 is 58.1 Å². The number of nitrogens with one attached hydrogen (secondary N) is 1. The number of hydrogen-bond donors (Lipinski definition) is 2. The Kier molecular flexibility index (Phi) is 10.0. The minimum atomic E-state index is -5.93. The van der Waals surface area contributed by atoms with Gasteiger partial charge < -0.3 is 9.84 Å². The fraction of sp³-hybridized carbons (Fsp3) is 0.250. The monoisotopic (exact) mass is 663 g/mol. The topological polar surface area (TPSA) is 41.5 Å². The summed E-state index contributed by atoms with van der Waals surface area (Å²) in [5, 5.41) is 13.0. The number of ether oxygens (including phenoxy) is 1. The van der Waals surface area contributed by atoms with Crippen LogP contribution in [0.1, 0.15) is 51.0 Å². The van der Waals surface area contributed by atoms with Gasteiger partial charge >= 0.3 is 24.5 Å². The third-order valence-electron chi connectivity index (χ3n) is 6.96. The molecule has 4 rings (SSSR count). The first kappa shape index (κ1) is 34.7. The van der Waals surface area contributed by atoms with Gasteiger partial charge in [0.1, 0.15) is 12.4 Å². The number of rotatable bonds is 10. The van der Waals surface area contributed by atoms with Gasteiger partial charge in [-0.3, -0.25) is 5.32 Å². The highest BCUT2D eigenvalue weighted by Crippen LogP contribution is 2.44. The molecule has 4 aromatic carbocycles. The SMILES string of the molecule is OCC(NC(c1cccc(OCc2cccc(C(F)(F)F)c2)c1)c1cccc(C(F)(F)C(F)(F)F)c1)c1cccc(C(F)(F)F)c1. The summed E-state index contributed by atoms with van der Waals surface area (Å²) in [6.07, 6.45) is -15.3. The van der Waals surface area contributed by atoms with Gasteiger partial charge in [0.15, 0.2) is 0 Å². The summed E-state index contributed by atoms with van der Waals surface area (Å²) in [5.41, 5.74) is -3.26. The van der Waals surface area contributed by atoms with Crippen molar-refractivity contribution in [2.75, 3.05) is 6.61 Å². The van der Waals surface area contributed by atoms with Crippen molar-refractivity contribution >= 4 is 0 Å². The highest BCUT2D eigenvalue weighted by molar-refractivity contribution is 5.40. The van der Waals surface area contributed by atoms with E-state index in [-0.39, 0.29) is 34.6 Å². The van der Waals surface area contributed by atoms with E-state index in [1.165, 1.54) is 48.5 Å². The third-order valence-corrected chi connectivity index (χ3v) is 6.96. The van der Waals surface area contributed by atoms with E-state index in [4.69, 9.17) is 4.74 Å². The molecule has 14 heteroatoms. The van der Waals surface area contributed by atoms with Crippen molar-refractivity contribution in [1.29, 1.82) is 0 Å². The minimum absolute atomic E-state index is 0.0592. The van der Waals surface area contributed by atoms with Crippen LogP contribution in [0.25, 0.3) is 0 Å². The molecule has 0 heterocycles. The van der Waals surface area contributed by atoms with Crippen LogP contribution in [0.5, 0.6) is 5.75 Å². The Morgan fingerprint density at radius 1 is 0.587 bits per heavy atom. The zero-order valence-electron chi connectivity index (χ0n) is 23.3. The summed E-state index contributed by atoms with van der Waals surface area (Å²) in [4.78, 5) is 0. The van der Waals surface area contributed by atoms with Gasteiger partial charge in [-0.1, -0.05) is 54.6 Å². The molecule has 0 fully saturated rings. The van der Waals surface area contributed by atoms with Crippen LogP contribution in [0.3, 0.4) is 0 Å². The Morgan fingerprint density at radius 2 is 1.09 bits per heavy atom. The molecule has 46 heavy (non-hydrogen) atoms. The van der Waals surface area contributed by atoms with Crippen LogP contribution >= 0.6 is 0 Å². The van der Waals surface area contributed by atoms with Gasteiger partial charge in [0.25, 0.3) is 0 Å². The summed E-state index contributed by atoms with van der Waals surface area (Å²) in [6, 6.07) is 14.6. The molecule has 0 amide bonds. The van der Waals surface area contributed by atoms with E-state index in [9.17, 15) is 53.4 Å². The molecular formula is C32H24F11NO2. The maximum absolute atomic E-state index is 14.3. The van der Waals surface area contributed by atoms with Crippen molar-refractivity contribution in [1.82, 2.24) is 5.32 Å². The highest BCUT2D eigenvalue weighted by atomic mass is 19.4. The van der Waals surface area contributed by atoms with Crippen LogP contribution in [0.2, 0.25) is 0 Å². The van der Waals surface area contributed by atoms with Gasteiger partial charge in [0.05, 0.1) is 29.8 Å². The van der Waals surface area contributed by atoms with Crippen LogP contribution in [0.4, 0.5) is 48.3 Å². The standard InChI is InChI=1S/C32H24F11NO2/c33-29(34,32(41,42)43)23-9-3-7-21(15-23)28(44-27(17-45)20-6-2-11-25(14-20)31(38,39)40)22-8-4-12-26(16-22)46-18-19-5-1-10-24(13-19)30(35,36)37/h1-16,27-28,44-45H,17-18H2. The Balaban J connectivity index is 1.73. The molecule has 246 valence electrons. The maximum atomic E-state index is 14.3. The fourth-order valence-electron chi connectivity index (χ4n) is 4.64. The molecule has 0 spiro atoms. The van der Waals surface area contributed by atoms with Gasteiger partial charge in [0.2, 0.25) is 0 Å². The lowest BCUT2D eigenvalue weighted by atomic mass is 9.93. The number of aliphatic hydroxyl groups excluding tert-OH is 1. The third kappa shape index (κ3) is 8.15. The van der Waals surface area contributed by atoms with E-state index in [0.717, 1.165) is 36.4 Å². The first-order valence-corrected chi connectivity index (χ1v) is 13.4. The van der Waals surface area contributed by atoms with Gasteiger partial charge in [-0.15, -0.1) is 0 Å². The quantitative estimate of drug-likeness (QED) is 0.166. The second kappa shape index (κ2) is 13.3. The molecule has 0 saturated carbocycles. The van der Waals surface area contributed by atoms with Crippen LogP contribution < -0.4 is 10.1 Å². The van der Waals surface area contributed by atoms with Gasteiger partial charge in [-0.05, 0) is 64.7 Å². The number of benzene rings is 4. The van der Waals surface area contributed by atoms with Crippen LogP contribution in [0, 0.1) is 0 Å². The number of aliphatic hydroxyl groups is 1. The zero-order chi connectivity index (χ0) is 33.9. The number of hydrogen-bond acceptors (Lipinski definition) is 3. The second-order valence-corrected chi connectivity index (χ2v) is 10.2. The molecule has 0 radical (unpaired) electrons. The molecule has 0 bridgehead atoms. The summed E-state index contributed by atoms with van der Waals surface area (Å²) >= 11 is 0. The van der Waals surface area contributed by atoms with Crippen molar-refractivity contribution in [2.45, 2.75) is 43.1 Å². The number of alkyl halides is 11. The Bertz CT molecular complexity index is 1630. The van der Waals surface area contributed by atoms with Gasteiger partial charge in [-0.25, -0.2) is 0 Å². The van der Waals surface area contributed by atoms with E-state index in [1.54, 1.807) is 0 Å². The molecule has 0 aliphatic carbocycles. The molecule has 2 N–H and O–H groups in total. The Labute approximate surface area is 255 Å². The molecule has 2 atom stereocenters. The Morgan fingerprint density at radius 3 is 1.67 bits per heavy atom. The van der Waals surface area contributed by atoms with Crippen LogP contribution in [-0.2, 0) is 24.9 Å². The van der Waals surface area contributed by atoms with E-state index >= 15 is 0 Å². The van der Waals surface area contributed by atoms with E-state index < -0.39 is 59.8 Å². The molecule has 3 nitrogen and oxygen atoms in total. The normalized spacial score (nSPS) is 14.2. The summed E-state index contributed by atoms with van der Waals surface area (Å²) in [6.45, 7) is -1.13. The lowest BCUT2D eigenvalue weighted by molar-refractivity contribution is -0.289. The number of halogens is 11.